The van der Waals surface area contributed by atoms with Crippen LogP contribution in [0.15, 0.2) is 42.5 Å². The molecule has 0 aliphatic carbocycles. The largest absolute Gasteiger partial charge is 0.326 e. The van der Waals surface area contributed by atoms with Crippen LogP contribution < -0.4 is 5.32 Å². The Bertz CT molecular complexity index is 570. The number of amides is 1. The van der Waals surface area contributed by atoms with Crippen molar-refractivity contribution in [3.8, 4) is 0 Å². The molecule has 1 N–H and O–H groups in total. The average molecular weight is 257 g/mol. The van der Waals surface area contributed by atoms with Crippen molar-refractivity contribution in [2.75, 3.05) is 5.32 Å². The summed E-state index contributed by atoms with van der Waals surface area (Å²) in [5, 5.41) is 2.85. The van der Waals surface area contributed by atoms with E-state index in [2.05, 4.69) is 11.4 Å². The van der Waals surface area contributed by atoms with Crippen LogP contribution in [0.5, 0.6) is 0 Å². The second kappa shape index (κ2) is 5.65. The van der Waals surface area contributed by atoms with Gasteiger partial charge in [-0.05, 0) is 54.8 Å². The van der Waals surface area contributed by atoms with Gasteiger partial charge in [0.1, 0.15) is 5.82 Å². The van der Waals surface area contributed by atoms with Crippen LogP contribution in [0.1, 0.15) is 16.7 Å². The topological polar surface area (TPSA) is 29.1 Å². The Labute approximate surface area is 112 Å². The van der Waals surface area contributed by atoms with Crippen LogP contribution in [-0.2, 0) is 11.2 Å². The minimum Gasteiger partial charge on any atom is -0.326 e. The molecule has 2 aromatic rings. The highest BCUT2D eigenvalue weighted by atomic mass is 19.1. The number of benzene rings is 2. The highest BCUT2D eigenvalue weighted by molar-refractivity contribution is 5.92. The Morgan fingerprint density at radius 1 is 1.05 bits per heavy atom. The summed E-state index contributed by atoms with van der Waals surface area (Å²) in [6.45, 7) is 3.98. The fourth-order valence-corrected chi connectivity index (χ4v) is 2.04. The molecule has 0 bridgehead atoms. The lowest BCUT2D eigenvalue weighted by Crippen LogP contribution is -2.14. The van der Waals surface area contributed by atoms with E-state index in [1.807, 2.05) is 26.0 Å². The highest BCUT2D eigenvalue weighted by Gasteiger charge is 2.05. The number of halogens is 1. The fourth-order valence-electron chi connectivity index (χ4n) is 2.04. The fraction of sp³-hybridized carbons (Fsp3) is 0.188. The summed E-state index contributed by atoms with van der Waals surface area (Å²) >= 11 is 0. The molecular weight excluding hydrogens is 241 g/mol. The van der Waals surface area contributed by atoms with Crippen molar-refractivity contribution in [2.24, 2.45) is 0 Å². The van der Waals surface area contributed by atoms with Gasteiger partial charge in [-0.1, -0.05) is 18.2 Å². The quantitative estimate of drug-likeness (QED) is 0.894. The molecule has 2 aromatic carbocycles. The van der Waals surface area contributed by atoms with Crippen molar-refractivity contribution in [2.45, 2.75) is 20.3 Å². The van der Waals surface area contributed by atoms with Crippen LogP contribution >= 0.6 is 0 Å². The summed E-state index contributed by atoms with van der Waals surface area (Å²) < 4.78 is 12.8. The van der Waals surface area contributed by atoms with Crippen LogP contribution in [0, 0.1) is 19.7 Å². The molecule has 0 unspecified atom stereocenters. The Morgan fingerprint density at radius 2 is 1.63 bits per heavy atom. The van der Waals surface area contributed by atoms with E-state index in [1.54, 1.807) is 12.1 Å². The van der Waals surface area contributed by atoms with Gasteiger partial charge in [0.05, 0.1) is 6.42 Å². The number of hydrogen-bond donors (Lipinski definition) is 1. The molecule has 0 aromatic heterocycles. The minimum atomic E-state index is -0.293. The van der Waals surface area contributed by atoms with E-state index >= 15 is 0 Å². The van der Waals surface area contributed by atoms with Gasteiger partial charge < -0.3 is 5.32 Å². The third-order valence-corrected chi connectivity index (χ3v) is 2.78. The smallest absolute Gasteiger partial charge is 0.228 e. The van der Waals surface area contributed by atoms with Gasteiger partial charge in [0, 0.05) is 5.69 Å². The van der Waals surface area contributed by atoms with Crippen molar-refractivity contribution in [3.05, 3.63) is 65.0 Å². The maximum absolute atomic E-state index is 12.8. The summed E-state index contributed by atoms with van der Waals surface area (Å²) in [4.78, 5) is 11.9. The first kappa shape index (κ1) is 13.3. The molecule has 0 saturated carbocycles. The molecule has 0 aliphatic heterocycles. The summed E-state index contributed by atoms with van der Waals surface area (Å²) in [6, 6.07) is 11.9. The minimum absolute atomic E-state index is 0.100. The molecule has 0 heterocycles. The van der Waals surface area contributed by atoms with Crippen molar-refractivity contribution < 1.29 is 9.18 Å². The molecule has 0 atom stereocenters. The van der Waals surface area contributed by atoms with E-state index in [4.69, 9.17) is 0 Å². The number of anilines is 1. The number of nitrogens with one attached hydrogen (secondary N) is 1. The predicted molar refractivity (Wildman–Crippen MR) is 74.6 cm³/mol. The monoisotopic (exact) mass is 257 g/mol. The molecule has 19 heavy (non-hydrogen) atoms. The molecule has 0 aliphatic rings. The first-order valence-corrected chi connectivity index (χ1v) is 6.15. The predicted octanol–water partition coefficient (Wildman–Crippen LogP) is 3.62. The second-order valence-corrected chi connectivity index (χ2v) is 4.73. The Balaban J connectivity index is 2.03. The molecule has 98 valence electrons. The third-order valence-electron chi connectivity index (χ3n) is 2.78. The van der Waals surface area contributed by atoms with Crippen LogP contribution in [0.25, 0.3) is 0 Å². The van der Waals surface area contributed by atoms with Crippen molar-refractivity contribution >= 4 is 11.6 Å². The third kappa shape index (κ3) is 3.91. The van der Waals surface area contributed by atoms with Crippen molar-refractivity contribution in [3.63, 3.8) is 0 Å². The number of carbonyl (C=O) groups excluding carboxylic acids is 1. The molecule has 0 radical (unpaired) electrons. The number of aryl methyl sites for hydroxylation is 2. The second-order valence-electron chi connectivity index (χ2n) is 4.73. The molecule has 0 saturated heterocycles. The molecule has 2 nitrogen and oxygen atoms in total. The SMILES string of the molecule is Cc1cc(C)cc(NC(=O)Cc2ccc(F)cc2)c1. The van der Waals surface area contributed by atoms with E-state index in [9.17, 15) is 9.18 Å². The van der Waals surface area contributed by atoms with Crippen molar-refractivity contribution in [1.82, 2.24) is 0 Å². The number of hydrogen-bond acceptors (Lipinski definition) is 1. The lowest BCUT2D eigenvalue weighted by Gasteiger charge is -2.07. The summed E-state index contributed by atoms with van der Waals surface area (Å²) in [5.41, 5.74) is 3.81. The number of carbonyl (C=O) groups is 1. The van der Waals surface area contributed by atoms with Gasteiger partial charge in [-0.2, -0.15) is 0 Å². The first-order chi connectivity index (χ1) is 9.02. The van der Waals surface area contributed by atoms with Gasteiger partial charge in [0.25, 0.3) is 0 Å². The van der Waals surface area contributed by atoms with Crippen molar-refractivity contribution in [1.29, 1.82) is 0 Å². The summed E-state index contributed by atoms with van der Waals surface area (Å²) in [6.07, 6.45) is 0.243. The van der Waals surface area contributed by atoms with Gasteiger partial charge in [0.15, 0.2) is 0 Å². The van der Waals surface area contributed by atoms with E-state index in [1.165, 1.54) is 12.1 Å². The molecule has 1 amide bonds. The Kier molecular flexibility index (Phi) is 3.95. The van der Waals surface area contributed by atoms with Crippen LogP contribution in [0.4, 0.5) is 10.1 Å². The van der Waals surface area contributed by atoms with Gasteiger partial charge >= 0.3 is 0 Å². The normalized spacial score (nSPS) is 10.3. The lowest BCUT2D eigenvalue weighted by molar-refractivity contribution is -0.115. The number of rotatable bonds is 3. The molecular formula is C16H16FNO. The van der Waals surface area contributed by atoms with Crippen LogP contribution in [0.3, 0.4) is 0 Å². The van der Waals surface area contributed by atoms with E-state index in [0.717, 1.165) is 22.4 Å². The first-order valence-electron chi connectivity index (χ1n) is 6.15. The summed E-state index contributed by atoms with van der Waals surface area (Å²) in [7, 11) is 0. The average Bonchev–Trinajstić information content (AvgIpc) is 2.30. The van der Waals surface area contributed by atoms with Gasteiger partial charge in [-0.15, -0.1) is 0 Å². The molecule has 2 rings (SSSR count). The lowest BCUT2D eigenvalue weighted by atomic mass is 10.1. The van der Waals surface area contributed by atoms with Gasteiger partial charge in [-0.25, -0.2) is 4.39 Å². The zero-order valence-electron chi connectivity index (χ0n) is 11.0. The highest BCUT2D eigenvalue weighted by Crippen LogP contribution is 2.14. The standard InChI is InChI=1S/C16H16FNO/c1-11-7-12(2)9-15(8-11)18-16(19)10-13-3-5-14(17)6-4-13/h3-9H,10H2,1-2H3,(H,18,19). The van der Waals surface area contributed by atoms with E-state index in [-0.39, 0.29) is 18.1 Å². The molecule has 0 spiro atoms. The maximum atomic E-state index is 12.8. The van der Waals surface area contributed by atoms with Crippen LogP contribution in [-0.4, -0.2) is 5.91 Å². The summed E-state index contributed by atoms with van der Waals surface area (Å²) in [5.74, 6) is -0.393. The van der Waals surface area contributed by atoms with E-state index < -0.39 is 0 Å². The maximum Gasteiger partial charge on any atom is 0.228 e. The Morgan fingerprint density at radius 3 is 2.21 bits per heavy atom. The molecule has 0 fully saturated rings. The zero-order chi connectivity index (χ0) is 13.8. The van der Waals surface area contributed by atoms with E-state index in [0.29, 0.717) is 0 Å². The van der Waals surface area contributed by atoms with Crippen LogP contribution in [0.2, 0.25) is 0 Å². The molecule has 3 heteroatoms. The Hall–Kier alpha value is -2.16. The zero-order valence-corrected chi connectivity index (χ0v) is 11.0. The van der Waals surface area contributed by atoms with Gasteiger partial charge in [0.2, 0.25) is 5.91 Å². The van der Waals surface area contributed by atoms with Gasteiger partial charge in [-0.3, -0.25) is 4.79 Å².